The van der Waals surface area contributed by atoms with Crippen molar-refractivity contribution in [3.8, 4) is 0 Å². The molecule has 1 amide bonds. The van der Waals surface area contributed by atoms with Crippen LogP contribution >= 0.6 is 0 Å². The minimum absolute atomic E-state index is 0.0819. The largest absolute Gasteiger partial charge is 0.449 e. The highest BCUT2D eigenvalue weighted by Crippen LogP contribution is 2.18. The molecule has 2 aromatic carbocycles. The number of rotatable bonds is 7. The molecule has 2 atom stereocenters. The Bertz CT molecular complexity index is 655. The van der Waals surface area contributed by atoms with E-state index < -0.39 is 12.1 Å². The highest BCUT2D eigenvalue weighted by Gasteiger charge is 2.22. The van der Waals surface area contributed by atoms with E-state index in [2.05, 4.69) is 12.2 Å². The van der Waals surface area contributed by atoms with E-state index in [1.807, 2.05) is 36.4 Å². The van der Waals surface area contributed by atoms with Gasteiger partial charge in [-0.2, -0.15) is 0 Å². The number of hydrogen-bond donors (Lipinski definition) is 1. The summed E-state index contributed by atoms with van der Waals surface area (Å²) >= 11 is 0. The van der Waals surface area contributed by atoms with Gasteiger partial charge < -0.3 is 10.1 Å². The first-order valence-electron chi connectivity index (χ1n) is 8.23. The van der Waals surface area contributed by atoms with Gasteiger partial charge in [0.05, 0.1) is 11.6 Å². The lowest BCUT2D eigenvalue weighted by atomic mass is 10.0. The summed E-state index contributed by atoms with van der Waals surface area (Å²) in [6.45, 7) is 3.66. The van der Waals surface area contributed by atoms with Crippen molar-refractivity contribution in [1.82, 2.24) is 5.32 Å². The molecule has 2 rings (SSSR count). The van der Waals surface area contributed by atoms with Crippen LogP contribution in [0, 0.1) is 0 Å². The highest BCUT2D eigenvalue weighted by molar-refractivity contribution is 5.92. The molecular weight excluding hydrogens is 302 g/mol. The Morgan fingerprint density at radius 3 is 2.17 bits per heavy atom. The van der Waals surface area contributed by atoms with Crippen molar-refractivity contribution < 1.29 is 14.3 Å². The van der Waals surface area contributed by atoms with Gasteiger partial charge in [0.25, 0.3) is 5.91 Å². The van der Waals surface area contributed by atoms with Gasteiger partial charge in [-0.3, -0.25) is 4.79 Å². The number of esters is 1. The van der Waals surface area contributed by atoms with Gasteiger partial charge in [-0.15, -0.1) is 0 Å². The lowest BCUT2D eigenvalue weighted by Crippen LogP contribution is -2.38. The van der Waals surface area contributed by atoms with Crippen LogP contribution in [0.25, 0.3) is 0 Å². The molecule has 1 N–H and O–H groups in total. The van der Waals surface area contributed by atoms with Gasteiger partial charge in [0, 0.05) is 0 Å². The zero-order valence-electron chi connectivity index (χ0n) is 14.1. The van der Waals surface area contributed by atoms with Gasteiger partial charge in [-0.1, -0.05) is 61.9 Å². The Labute approximate surface area is 142 Å². The Morgan fingerprint density at radius 2 is 1.58 bits per heavy atom. The van der Waals surface area contributed by atoms with Crippen LogP contribution in [-0.4, -0.2) is 18.0 Å². The van der Waals surface area contributed by atoms with Crippen molar-refractivity contribution in [2.75, 3.05) is 0 Å². The Balaban J connectivity index is 1.97. The van der Waals surface area contributed by atoms with Crippen LogP contribution in [0.4, 0.5) is 0 Å². The second-order valence-electron chi connectivity index (χ2n) is 5.67. The van der Waals surface area contributed by atoms with E-state index in [0.29, 0.717) is 5.56 Å². The summed E-state index contributed by atoms with van der Waals surface area (Å²) in [4.78, 5) is 24.4. The number of ether oxygens (including phenoxy) is 1. The first-order chi connectivity index (χ1) is 11.6. The van der Waals surface area contributed by atoms with Crippen molar-refractivity contribution in [3.63, 3.8) is 0 Å². The first-order valence-corrected chi connectivity index (χ1v) is 8.23. The average molecular weight is 325 g/mol. The third kappa shape index (κ3) is 4.95. The second kappa shape index (κ2) is 8.87. The molecular formula is C20H23NO3. The predicted octanol–water partition coefficient (Wildman–Crippen LogP) is 3.89. The maximum absolute atomic E-state index is 12.4. The monoisotopic (exact) mass is 325 g/mol. The summed E-state index contributed by atoms with van der Waals surface area (Å²) in [6, 6.07) is 18.4. The fraction of sp³-hybridized carbons (Fsp3) is 0.300. The summed E-state index contributed by atoms with van der Waals surface area (Å²) in [7, 11) is 0. The van der Waals surface area contributed by atoms with Crippen molar-refractivity contribution in [1.29, 1.82) is 0 Å². The molecule has 24 heavy (non-hydrogen) atoms. The van der Waals surface area contributed by atoms with Crippen molar-refractivity contribution in [2.24, 2.45) is 0 Å². The number of amides is 1. The topological polar surface area (TPSA) is 55.4 Å². The summed E-state index contributed by atoms with van der Waals surface area (Å²) < 4.78 is 5.26. The minimum atomic E-state index is -0.847. The second-order valence-corrected chi connectivity index (χ2v) is 5.67. The van der Waals surface area contributed by atoms with Gasteiger partial charge in [-0.25, -0.2) is 4.79 Å². The van der Waals surface area contributed by atoms with E-state index in [-0.39, 0.29) is 11.9 Å². The summed E-state index contributed by atoms with van der Waals surface area (Å²) in [5, 5.41) is 2.97. The van der Waals surface area contributed by atoms with Crippen molar-refractivity contribution in [3.05, 3.63) is 71.8 Å². The van der Waals surface area contributed by atoms with E-state index in [1.54, 1.807) is 31.2 Å². The molecule has 126 valence electrons. The fourth-order valence-corrected chi connectivity index (χ4v) is 2.44. The zero-order valence-corrected chi connectivity index (χ0v) is 14.1. The molecule has 0 aliphatic carbocycles. The molecule has 0 saturated carbocycles. The third-order valence-electron chi connectivity index (χ3n) is 3.76. The molecule has 0 radical (unpaired) electrons. The van der Waals surface area contributed by atoms with Gasteiger partial charge in [-0.05, 0) is 31.0 Å². The number of benzene rings is 2. The van der Waals surface area contributed by atoms with Crippen molar-refractivity contribution in [2.45, 2.75) is 38.8 Å². The van der Waals surface area contributed by atoms with E-state index in [9.17, 15) is 9.59 Å². The molecule has 4 heteroatoms. The fourth-order valence-electron chi connectivity index (χ4n) is 2.44. The standard InChI is InChI=1S/C20H23NO3/c1-3-10-18(16-11-6-4-7-12-16)21-19(22)15(2)24-20(23)17-13-8-5-9-14-17/h4-9,11-15,18H,3,10H2,1-2H3,(H,21,22). The highest BCUT2D eigenvalue weighted by atomic mass is 16.5. The van der Waals surface area contributed by atoms with Crippen LogP contribution in [-0.2, 0) is 9.53 Å². The number of carbonyl (C=O) groups is 2. The van der Waals surface area contributed by atoms with Crippen LogP contribution in [0.2, 0.25) is 0 Å². The molecule has 0 aromatic heterocycles. The van der Waals surface area contributed by atoms with Gasteiger partial charge in [0.2, 0.25) is 0 Å². The zero-order chi connectivity index (χ0) is 17.4. The maximum atomic E-state index is 12.4. The number of nitrogens with one attached hydrogen (secondary N) is 1. The summed E-state index contributed by atoms with van der Waals surface area (Å²) in [5.74, 6) is -0.786. The molecule has 4 nitrogen and oxygen atoms in total. The molecule has 0 saturated heterocycles. The molecule has 0 spiro atoms. The van der Waals surface area contributed by atoms with Gasteiger partial charge in [0.15, 0.2) is 6.10 Å². The normalized spacial score (nSPS) is 12.9. The Kier molecular flexibility index (Phi) is 6.55. The maximum Gasteiger partial charge on any atom is 0.338 e. The quantitative estimate of drug-likeness (QED) is 0.786. The molecule has 0 aliphatic heterocycles. The molecule has 2 aromatic rings. The van der Waals surface area contributed by atoms with Crippen LogP contribution in [0.3, 0.4) is 0 Å². The lowest BCUT2D eigenvalue weighted by Gasteiger charge is -2.21. The number of carbonyl (C=O) groups excluding carboxylic acids is 2. The Hall–Kier alpha value is -2.62. The van der Waals surface area contributed by atoms with E-state index >= 15 is 0 Å². The third-order valence-corrected chi connectivity index (χ3v) is 3.76. The lowest BCUT2D eigenvalue weighted by molar-refractivity contribution is -0.129. The average Bonchev–Trinajstić information content (AvgIpc) is 2.62. The van der Waals surface area contributed by atoms with Crippen LogP contribution < -0.4 is 5.32 Å². The van der Waals surface area contributed by atoms with E-state index in [1.165, 1.54) is 0 Å². The van der Waals surface area contributed by atoms with Crippen molar-refractivity contribution >= 4 is 11.9 Å². The molecule has 2 unspecified atom stereocenters. The summed E-state index contributed by atoms with van der Waals surface area (Å²) in [5.41, 5.74) is 1.49. The summed E-state index contributed by atoms with van der Waals surface area (Å²) in [6.07, 6.45) is 0.924. The molecule has 0 bridgehead atoms. The van der Waals surface area contributed by atoms with Crippen LogP contribution in [0.1, 0.15) is 48.7 Å². The van der Waals surface area contributed by atoms with E-state index in [4.69, 9.17) is 4.74 Å². The van der Waals surface area contributed by atoms with Gasteiger partial charge in [0.1, 0.15) is 0 Å². The minimum Gasteiger partial charge on any atom is -0.449 e. The van der Waals surface area contributed by atoms with Gasteiger partial charge >= 0.3 is 5.97 Å². The smallest absolute Gasteiger partial charge is 0.338 e. The first kappa shape index (κ1) is 17.7. The van der Waals surface area contributed by atoms with Crippen LogP contribution in [0.15, 0.2) is 60.7 Å². The molecule has 0 heterocycles. The molecule has 0 aliphatic rings. The van der Waals surface area contributed by atoms with Crippen LogP contribution in [0.5, 0.6) is 0 Å². The predicted molar refractivity (Wildman–Crippen MR) is 93.6 cm³/mol. The number of hydrogen-bond acceptors (Lipinski definition) is 3. The molecule has 0 fully saturated rings. The SMILES string of the molecule is CCCC(NC(=O)C(C)OC(=O)c1ccccc1)c1ccccc1. The Morgan fingerprint density at radius 1 is 1.00 bits per heavy atom. The van der Waals surface area contributed by atoms with E-state index in [0.717, 1.165) is 18.4 Å².